The van der Waals surface area contributed by atoms with Crippen LogP contribution in [-0.4, -0.2) is 33.0 Å². The van der Waals surface area contributed by atoms with Crippen molar-refractivity contribution in [2.24, 2.45) is 0 Å². The summed E-state index contributed by atoms with van der Waals surface area (Å²) in [5.41, 5.74) is 3.36. The summed E-state index contributed by atoms with van der Waals surface area (Å²) in [4.78, 5) is 18.7. The van der Waals surface area contributed by atoms with Crippen LogP contribution in [0.3, 0.4) is 0 Å². The second kappa shape index (κ2) is 7.74. The topological polar surface area (TPSA) is 59.0 Å². The first-order valence-corrected chi connectivity index (χ1v) is 9.46. The van der Waals surface area contributed by atoms with Gasteiger partial charge in [-0.3, -0.25) is 4.79 Å². The van der Waals surface area contributed by atoms with Gasteiger partial charge in [0, 0.05) is 29.8 Å². The summed E-state index contributed by atoms with van der Waals surface area (Å²) in [6, 6.07) is 11.4. The first-order valence-electron chi connectivity index (χ1n) is 8.58. The van der Waals surface area contributed by atoms with Crippen molar-refractivity contribution >= 4 is 17.2 Å². The molecular formula is C20H22N4OS. The van der Waals surface area contributed by atoms with E-state index < -0.39 is 0 Å². The van der Waals surface area contributed by atoms with Crippen molar-refractivity contribution in [1.82, 2.24) is 20.1 Å². The number of benzene rings is 1. The SMILES string of the molecule is CC(C)c1ccc(-c2ccc(C(=O)N(C)C(C)c3nccs3)cc2)nn1. The molecule has 2 aromatic heterocycles. The predicted molar refractivity (Wildman–Crippen MR) is 104 cm³/mol. The zero-order valence-electron chi connectivity index (χ0n) is 15.4. The van der Waals surface area contributed by atoms with Crippen LogP contribution in [0.5, 0.6) is 0 Å². The first kappa shape index (κ1) is 18.2. The van der Waals surface area contributed by atoms with Gasteiger partial charge in [0.25, 0.3) is 5.91 Å². The van der Waals surface area contributed by atoms with E-state index in [-0.39, 0.29) is 11.9 Å². The molecule has 0 aliphatic carbocycles. The quantitative estimate of drug-likeness (QED) is 0.664. The van der Waals surface area contributed by atoms with Crippen LogP contribution in [0.15, 0.2) is 48.0 Å². The summed E-state index contributed by atoms with van der Waals surface area (Å²) < 4.78 is 0. The molecule has 1 amide bonds. The first-order chi connectivity index (χ1) is 12.5. The Hall–Kier alpha value is -2.60. The van der Waals surface area contributed by atoms with E-state index in [2.05, 4.69) is 29.0 Å². The lowest BCUT2D eigenvalue weighted by Crippen LogP contribution is -2.29. The van der Waals surface area contributed by atoms with E-state index in [1.54, 1.807) is 29.5 Å². The third kappa shape index (κ3) is 3.80. The maximum atomic E-state index is 12.7. The van der Waals surface area contributed by atoms with Crippen molar-refractivity contribution in [3.63, 3.8) is 0 Å². The molecule has 26 heavy (non-hydrogen) atoms. The summed E-state index contributed by atoms with van der Waals surface area (Å²) in [7, 11) is 1.80. The van der Waals surface area contributed by atoms with Crippen molar-refractivity contribution in [3.8, 4) is 11.3 Å². The minimum atomic E-state index is -0.0587. The molecule has 1 atom stereocenters. The Morgan fingerprint density at radius 1 is 1.04 bits per heavy atom. The van der Waals surface area contributed by atoms with Crippen molar-refractivity contribution in [1.29, 1.82) is 0 Å². The average Bonchev–Trinajstić information content (AvgIpc) is 3.21. The number of hydrogen-bond donors (Lipinski definition) is 0. The Balaban J connectivity index is 1.75. The van der Waals surface area contributed by atoms with E-state index >= 15 is 0 Å². The monoisotopic (exact) mass is 366 g/mol. The zero-order chi connectivity index (χ0) is 18.7. The van der Waals surface area contributed by atoms with Gasteiger partial charge in [0.15, 0.2) is 0 Å². The van der Waals surface area contributed by atoms with E-state index in [1.165, 1.54) is 0 Å². The van der Waals surface area contributed by atoms with E-state index in [4.69, 9.17) is 0 Å². The molecule has 0 aliphatic heterocycles. The highest BCUT2D eigenvalue weighted by molar-refractivity contribution is 7.09. The maximum absolute atomic E-state index is 12.7. The highest BCUT2D eigenvalue weighted by Crippen LogP contribution is 2.24. The van der Waals surface area contributed by atoms with Crippen LogP contribution < -0.4 is 0 Å². The summed E-state index contributed by atoms with van der Waals surface area (Å²) in [6.45, 7) is 6.16. The smallest absolute Gasteiger partial charge is 0.254 e. The molecule has 3 aromatic rings. The number of aromatic nitrogens is 3. The van der Waals surface area contributed by atoms with Gasteiger partial charge in [-0.05, 0) is 37.1 Å². The van der Waals surface area contributed by atoms with Gasteiger partial charge in [-0.2, -0.15) is 10.2 Å². The summed E-state index contributed by atoms with van der Waals surface area (Å²) in [5.74, 6) is 0.326. The van der Waals surface area contributed by atoms with E-state index in [9.17, 15) is 4.79 Å². The number of rotatable bonds is 5. The number of carbonyl (C=O) groups is 1. The molecule has 0 fully saturated rings. The second-order valence-electron chi connectivity index (χ2n) is 6.54. The van der Waals surface area contributed by atoms with Crippen molar-refractivity contribution in [2.75, 3.05) is 7.05 Å². The molecular weight excluding hydrogens is 344 g/mol. The minimum absolute atomic E-state index is 0.0273. The molecule has 0 saturated heterocycles. The third-order valence-electron chi connectivity index (χ3n) is 4.41. The van der Waals surface area contributed by atoms with Gasteiger partial charge in [0.2, 0.25) is 0 Å². The molecule has 0 bridgehead atoms. The van der Waals surface area contributed by atoms with Gasteiger partial charge >= 0.3 is 0 Å². The molecule has 0 radical (unpaired) electrons. The molecule has 0 saturated carbocycles. The van der Waals surface area contributed by atoms with Crippen molar-refractivity contribution in [3.05, 3.63) is 64.2 Å². The molecule has 0 spiro atoms. The fourth-order valence-corrected chi connectivity index (χ4v) is 3.31. The van der Waals surface area contributed by atoms with Crippen LogP contribution in [0.25, 0.3) is 11.3 Å². The highest BCUT2D eigenvalue weighted by Gasteiger charge is 2.20. The number of hydrogen-bond acceptors (Lipinski definition) is 5. The van der Waals surface area contributed by atoms with Crippen molar-refractivity contribution in [2.45, 2.75) is 32.7 Å². The van der Waals surface area contributed by atoms with E-state index in [1.807, 2.05) is 48.7 Å². The summed E-state index contributed by atoms with van der Waals surface area (Å²) >= 11 is 1.55. The standard InChI is InChI=1S/C20H22N4OS/c1-13(2)17-9-10-18(23-22-17)15-5-7-16(8-6-15)20(25)24(4)14(3)19-21-11-12-26-19/h5-14H,1-4H3. The van der Waals surface area contributed by atoms with Gasteiger partial charge in [-0.25, -0.2) is 4.98 Å². The van der Waals surface area contributed by atoms with Crippen LogP contribution in [-0.2, 0) is 0 Å². The summed E-state index contributed by atoms with van der Waals surface area (Å²) in [6.07, 6.45) is 1.76. The number of nitrogens with zero attached hydrogens (tertiary/aromatic N) is 4. The second-order valence-corrected chi connectivity index (χ2v) is 7.46. The number of amides is 1. The molecule has 1 unspecified atom stereocenters. The van der Waals surface area contributed by atoms with Gasteiger partial charge < -0.3 is 4.90 Å². The lowest BCUT2D eigenvalue weighted by atomic mass is 10.1. The molecule has 5 nitrogen and oxygen atoms in total. The van der Waals surface area contributed by atoms with Gasteiger partial charge in [0.1, 0.15) is 5.01 Å². The van der Waals surface area contributed by atoms with Crippen LogP contribution in [0.4, 0.5) is 0 Å². The number of carbonyl (C=O) groups excluding carboxylic acids is 1. The highest BCUT2D eigenvalue weighted by atomic mass is 32.1. The largest absolute Gasteiger partial charge is 0.333 e. The van der Waals surface area contributed by atoms with Gasteiger partial charge in [-0.1, -0.05) is 26.0 Å². The average molecular weight is 366 g/mol. The zero-order valence-corrected chi connectivity index (χ0v) is 16.2. The van der Waals surface area contributed by atoms with Crippen molar-refractivity contribution < 1.29 is 4.79 Å². The lowest BCUT2D eigenvalue weighted by molar-refractivity contribution is 0.0742. The lowest BCUT2D eigenvalue weighted by Gasteiger charge is -2.23. The van der Waals surface area contributed by atoms with Crippen LogP contribution >= 0.6 is 11.3 Å². The molecule has 1 aromatic carbocycles. The molecule has 6 heteroatoms. The summed E-state index contributed by atoms with van der Waals surface area (Å²) in [5, 5.41) is 11.4. The minimum Gasteiger partial charge on any atom is -0.333 e. The van der Waals surface area contributed by atoms with Gasteiger partial charge in [0.05, 0.1) is 17.4 Å². The third-order valence-corrected chi connectivity index (χ3v) is 5.36. The van der Waals surface area contributed by atoms with E-state index in [0.29, 0.717) is 11.5 Å². The van der Waals surface area contributed by atoms with Gasteiger partial charge in [-0.15, -0.1) is 11.3 Å². The fraction of sp³-hybridized carbons (Fsp3) is 0.300. The molecule has 2 heterocycles. The Bertz CT molecular complexity index is 858. The van der Waals surface area contributed by atoms with Crippen LogP contribution in [0, 0.1) is 0 Å². The van der Waals surface area contributed by atoms with Crippen LogP contribution in [0.1, 0.15) is 53.8 Å². The maximum Gasteiger partial charge on any atom is 0.254 e. The Kier molecular flexibility index (Phi) is 5.42. The Morgan fingerprint density at radius 3 is 2.31 bits per heavy atom. The van der Waals surface area contributed by atoms with E-state index in [0.717, 1.165) is 22.0 Å². The normalized spacial score (nSPS) is 12.2. The molecule has 0 N–H and O–H groups in total. The molecule has 3 rings (SSSR count). The Morgan fingerprint density at radius 2 is 1.77 bits per heavy atom. The number of thiazole rings is 1. The predicted octanol–water partition coefficient (Wildman–Crippen LogP) is 4.56. The van der Waals surface area contributed by atoms with Crippen LogP contribution in [0.2, 0.25) is 0 Å². The molecule has 134 valence electrons. The fourth-order valence-electron chi connectivity index (χ4n) is 2.57. The molecule has 0 aliphatic rings. The Labute approximate surface area is 157 Å².